The third kappa shape index (κ3) is 3.20. The summed E-state index contributed by atoms with van der Waals surface area (Å²) in [6.07, 6.45) is -0.0618. The van der Waals surface area contributed by atoms with Crippen molar-refractivity contribution in [2.24, 2.45) is 11.8 Å². The molecule has 1 aliphatic heterocycles. The number of hydrogen-bond acceptors (Lipinski definition) is 3. The lowest BCUT2D eigenvalue weighted by atomic mass is 10.00. The fourth-order valence-electron chi connectivity index (χ4n) is 1.85. The lowest BCUT2D eigenvalue weighted by molar-refractivity contribution is -0.140. The molecule has 0 aliphatic carbocycles. The highest BCUT2D eigenvalue weighted by molar-refractivity contribution is 5.80. The van der Waals surface area contributed by atoms with Crippen LogP contribution >= 0.6 is 0 Å². The van der Waals surface area contributed by atoms with Crippen molar-refractivity contribution in [2.75, 3.05) is 19.7 Å². The van der Waals surface area contributed by atoms with E-state index in [0.717, 1.165) is 0 Å². The van der Waals surface area contributed by atoms with Crippen molar-refractivity contribution < 1.29 is 19.8 Å². The maximum Gasteiger partial charge on any atom is 0.303 e. The summed E-state index contributed by atoms with van der Waals surface area (Å²) in [6.45, 7) is 3.26. The number of hydrogen-bond donors (Lipinski definition) is 2. The Hall–Kier alpha value is -1.10. The summed E-state index contributed by atoms with van der Waals surface area (Å²) in [5.41, 5.74) is 0. The fourth-order valence-corrected chi connectivity index (χ4v) is 1.85. The molecule has 0 unspecified atom stereocenters. The van der Waals surface area contributed by atoms with Gasteiger partial charge in [-0.2, -0.15) is 0 Å². The Labute approximate surface area is 88.7 Å². The molecule has 0 saturated carbocycles. The molecule has 1 fully saturated rings. The SMILES string of the molecule is C[C@H]1CN(C(=O)CCC(=O)O)C[C@@H]1CO. The summed E-state index contributed by atoms with van der Waals surface area (Å²) in [7, 11) is 0. The molecule has 0 radical (unpaired) electrons. The summed E-state index contributed by atoms with van der Waals surface area (Å²) >= 11 is 0. The molecule has 86 valence electrons. The minimum absolute atomic E-state index is 0.0558. The number of carboxylic acids is 1. The number of carbonyl (C=O) groups is 2. The van der Waals surface area contributed by atoms with E-state index in [4.69, 9.17) is 10.2 Å². The zero-order valence-electron chi connectivity index (χ0n) is 8.85. The van der Waals surface area contributed by atoms with Gasteiger partial charge in [0.2, 0.25) is 5.91 Å². The van der Waals surface area contributed by atoms with Crippen molar-refractivity contribution in [2.45, 2.75) is 19.8 Å². The molecule has 1 saturated heterocycles. The number of aliphatic hydroxyl groups is 1. The van der Waals surface area contributed by atoms with Crippen LogP contribution in [0.1, 0.15) is 19.8 Å². The quantitative estimate of drug-likeness (QED) is 0.688. The minimum Gasteiger partial charge on any atom is -0.481 e. The maximum absolute atomic E-state index is 11.5. The van der Waals surface area contributed by atoms with Gasteiger partial charge >= 0.3 is 5.97 Å². The molecule has 0 aromatic heterocycles. The number of aliphatic hydroxyl groups excluding tert-OH is 1. The van der Waals surface area contributed by atoms with E-state index < -0.39 is 5.97 Å². The van der Waals surface area contributed by atoms with Gasteiger partial charge in [0.05, 0.1) is 6.42 Å². The van der Waals surface area contributed by atoms with Gasteiger partial charge < -0.3 is 15.1 Å². The van der Waals surface area contributed by atoms with Crippen LogP contribution in [-0.4, -0.2) is 46.7 Å². The van der Waals surface area contributed by atoms with Gasteiger partial charge in [-0.05, 0) is 5.92 Å². The molecule has 0 aromatic carbocycles. The van der Waals surface area contributed by atoms with E-state index in [2.05, 4.69) is 0 Å². The van der Waals surface area contributed by atoms with Gasteiger partial charge in [0.1, 0.15) is 0 Å². The van der Waals surface area contributed by atoms with Gasteiger partial charge in [0, 0.05) is 32.0 Å². The molecule has 1 rings (SSSR count). The van der Waals surface area contributed by atoms with E-state index in [-0.39, 0.29) is 31.3 Å². The van der Waals surface area contributed by atoms with Crippen molar-refractivity contribution in [3.8, 4) is 0 Å². The number of rotatable bonds is 4. The summed E-state index contributed by atoms with van der Waals surface area (Å²) in [5.74, 6) is -0.642. The van der Waals surface area contributed by atoms with E-state index in [1.54, 1.807) is 4.90 Å². The van der Waals surface area contributed by atoms with Gasteiger partial charge in [-0.1, -0.05) is 6.92 Å². The summed E-state index contributed by atoms with van der Waals surface area (Å²) in [5, 5.41) is 17.5. The number of aliphatic carboxylic acids is 1. The van der Waals surface area contributed by atoms with Crippen LogP contribution in [0, 0.1) is 11.8 Å². The Morgan fingerprint density at radius 2 is 2.00 bits per heavy atom. The van der Waals surface area contributed by atoms with E-state index in [9.17, 15) is 9.59 Å². The lowest BCUT2D eigenvalue weighted by Gasteiger charge is -2.15. The first-order valence-corrected chi connectivity index (χ1v) is 5.15. The molecule has 2 N–H and O–H groups in total. The van der Waals surface area contributed by atoms with Crippen LogP contribution < -0.4 is 0 Å². The lowest BCUT2D eigenvalue weighted by Crippen LogP contribution is -2.29. The molecule has 2 atom stereocenters. The number of carbonyl (C=O) groups excluding carboxylic acids is 1. The topological polar surface area (TPSA) is 77.8 Å². The highest BCUT2D eigenvalue weighted by Gasteiger charge is 2.31. The molecular formula is C10H17NO4. The Morgan fingerprint density at radius 1 is 1.33 bits per heavy atom. The van der Waals surface area contributed by atoms with Gasteiger partial charge in [-0.15, -0.1) is 0 Å². The molecular weight excluding hydrogens is 198 g/mol. The molecule has 1 heterocycles. The largest absolute Gasteiger partial charge is 0.481 e. The number of nitrogens with zero attached hydrogens (tertiary/aromatic N) is 1. The molecule has 0 spiro atoms. The second-order valence-electron chi connectivity index (χ2n) is 4.11. The van der Waals surface area contributed by atoms with E-state index >= 15 is 0 Å². The van der Waals surface area contributed by atoms with Gasteiger partial charge in [0.15, 0.2) is 0 Å². The first-order chi connectivity index (χ1) is 7.04. The van der Waals surface area contributed by atoms with Gasteiger partial charge in [0.25, 0.3) is 0 Å². The normalized spacial score (nSPS) is 25.6. The smallest absolute Gasteiger partial charge is 0.303 e. The third-order valence-corrected chi connectivity index (χ3v) is 2.91. The van der Waals surface area contributed by atoms with Crippen molar-refractivity contribution in [1.82, 2.24) is 4.90 Å². The first kappa shape index (κ1) is 12.0. The summed E-state index contributed by atoms with van der Waals surface area (Å²) < 4.78 is 0. The predicted octanol–water partition coefficient (Wildman–Crippen LogP) is -0.0620. The average Bonchev–Trinajstić information content (AvgIpc) is 2.56. The molecule has 5 nitrogen and oxygen atoms in total. The standard InChI is InChI=1S/C10H17NO4/c1-7-4-11(5-8(7)6-12)9(13)2-3-10(14)15/h7-8,12H,2-6H2,1H3,(H,14,15)/t7-,8+/m0/s1. The molecule has 5 heteroatoms. The Bertz CT molecular complexity index is 254. The van der Waals surface area contributed by atoms with E-state index in [1.165, 1.54) is 0 Å². The second kappa shape index (κ2) is 5.11. The first-order valence-electron chi connectivity index (χ1n) is 5.15. The summed E-state index contributed by atoms with van der Waals surface area (Å²) in [4.78, 5) is 23.5. The predicted molar refractivity (Wildman–Crippen MR) is 53.2 cm³/mol. The zero-order chi connectivity index (χ0) is 11.4. The van der Waals surface area contributed by atoms with Crippen molar-refractivity contribution in [1.29, 1.82) is 0 Å². The van der Waals surface area contributed by atoms with Crippen LogP contribution in [0.5, 0.6) is 0 Å². The molecule has 1 aliphatic rings. The van der Waals surface area contributed by atoms with Gasteiger partial charge in [-0.25, -0.2) is 0 Å². The second-order valence-corrected chi connectivity index (χ2v) is 4.11. The highest BCUT2D eigenvalue weighted by Crippen LogP contribution is 2.22. The minimum atomic E-state index is -0.950. The van der Waals surface area contributed by atoms with Crippen LogP contribution in [0.15, 0.2) is 0 Å². The van der Waals surface area contributed by atoms with E-state index in [1.807, 2.05) is 6.92 Å². The molecule has 0 bridgehead atoms. The Kier molecular flexibility index (Phi) is 4.08. The Morgan fingerprint density at radius 3 is 2.47 bits per heavy atom. The van der Waals surface area contributed by atoms with Gasteiger partial charge in [-0.3, -0.25) is 9.59 Å². The fraction of sp³-hybridized carbons (Fsp3) is 0.800. The Balaban J connectivity index is 2.39. The van der Waals surface area contributed by atoms with Crippen molar-refractivity contribution in [3.05, 3.63) is 0 Å². The zero-order valence-corrected chi connectivity index (χ0v) is 8.85. The number of amides is 1. The van der Waals surface area contributed by atoms with Crippen LogP contribution in [0.25, 0.3) is 0 Å². The summed E-state index contributed by atoms with van der Waals surface area (Å²) in [6, 6.07) is 0. The van der Waals surface area contributed by atoms with Crippen LogP contribution in [0.2, 0.25) is 0 Å². The number of carboxylic acid groups (broad SMARTS) is 1. The third-order valence-electron chi connectivity index (χ3n) is 2.91. The van der Waals surface area contributed by atoms with Crippen LogP contribution in [-0.2, 0) is 9.59 Å². The average molecular weight is 215 g/mol. The molecule has 1 amide bonds. The molecule has 15 heavy (non-hydrogen) atoms. The van der Waals surface area contributed by atoms with Crippen molar-refractivity contribution >= 4 is 11.9 Å². The van der Waals surface area contributed by atoms with Crippen LogP contribution in [0.4, 0.5) is 0 Å². The van der Waals surface area contributed by atoms with Crippen molar-refractivity contribution in [3.63, 3.8) is 0 Å². The highest BCUT2D eigenvalue weighted by atomic mass is 16.4. The molecule has 0 aromatic rings. The van der Waals surface area contributed by atoms with E-state index in [0.29, 0.717) is 19.0 Å². The maximum atomic E-state index is 11.5. The van der Waals surface area contributed by atoms with Crippen LogP contribution in [0.3, 0.4) is 0 Å². The monoisotopic (exact) mass is 215 g/mol. The number of likely N-dealkylation sites (tertiary alicyclic amines) is 1.